The third-order valence-electron chi connectivity index (χ3n) is 1.31. The van der Waals surface area contributed by atoms with Crippen molar-refractivity contribution in [3.05, 3.63) is 35.5 Å². The zero-order valence-corrected chi connectivity index (χ0v) is 10.1. The van der Waals surface area contributed by atoms with E-state index in [2.05, 4.69) is 39.5 Å². The minimum atomic E-state index is 1.08. The standard InChI is InChI=1S/C11H18.C2H6/c1-6-11(7-9(2)3)8-10(4)5;1-2/h7-8H,2,6H2,1,3-5H3;1-2H3/b11-7-;. The fraction of sp³-hybridized carbons (Fsp3) is 0.538. The molecule has 0 aliphatic rings. The maximum Gasteiger partial charge on any atom is -0.0307 e. The molecule has 0 saturated heterocycles. The van der Waals surface area contributed by atoms with Gasteiger partial charge >= 0.3 is 0 Å². The van der Waals surface area contributed by atoms with E-state index in [4.69, 9.17) is 0 Å². The summed E-state index contributed by atoms with van der Waals surface area (Å²) in [6, 6.07) is 0. The molecular formula is C13H24. The van der Waals surface area contributed by atoms with Crippen LogP contribution in [0.2, 0.25) is 0 Å². The highest BCUT2D eigenvalue weighted by Crippen LogP contribution is 2.08. The van der Waals surface area contributed by atoms with Gasteiger partial charge in [-0.2, -0.15) is 0 Å². The SMILES string of the molecule is C=C(C)/C=C(\C=C(C)C)CC.CC. The van der Waals surface area contributed by atoms with E-state index < -0.39 is 0 Å². The second kappa shape index (κ2) is 9.31. The molecule has 0 aromatic rings. The summed E-state index contributed by atoms with van der Waals surface area (Å²) in [7, 11) is 0. The van der Waals surface area contributed by atoms with Crippen molar-refractivity contribution in [3.8, 4) is 0 Å². The smallest absolute Gasteiger partial charge is 0.0307 e. The highest BCUT2D eigenvalue weighted by atomic mass is 13.9. The zero-order valence-electron chi connectivity index (χ0n) is 10.1. The van der Waals surface area contributed by atoms with Crippen LogP contribution in [0, 0.1) is 0 Å². The second-order valence-corrected chi connectivity index (χ2v) is 3.14. The molecule has 0 saturated carbocycles. The first-order chi connectivity index (χ1) is 6.06. The number of rotatable bonds is 3. The molecule has 0 aliphatic carbocycles. The maximum atomic E-state index is 3.84. The van der Waals surface area contributed by atoms with Crippen LogP contribution in [0.4, 0.5) is 0 Å². The lowest BCUT2D eigenvalue weighted by Gasteiger charge is -1.98. The Bertz CT molecular complexity index is 188. The van der Waals surface area contributed by atoms with Crippen molar-refractivity contribution in [1.29, 1.82) is 0 Å². The van der Waals surface area contributed by atoms with Gasteiger partial charge < -0.3 is 0 Å². The van der Waals surface area contributed by atoms with Gasteiger partial charge in [-0.05, 0) is 32.8 Å². The normalized spacial score (nSPS) is 9.85. The summed E-state index contributed by atoms with van der Waals surface area (Å²) in [6.07, 6.45) is 5.42. The molecule has 0 heterocycles. The fourth-order valence-corrected chi connectivity index (χ4v) is 0.933. The quantitative estimate of drug-likeness (QED) is 0.542. The van der Waals surface area contributed by atoms with E-state index in [0.717, 1.165) is 12.0 Å². The highest BCUT2D eigenvalue weighted by Gasteiger charge is 1.88. The molecular weight excluding hydrogens is 156 g/mol. The van der Waals surface area contributed by atoms with Crippen LogP contribution in [0.25, 0.3) is 0 Å². The van der Waals surface area contributed by atoms with Gasteiger partial charge in [-0.15, -0.1) is 0 Å². The van der Waals surface area contributed by atoms with Crippen LogP contribution in [0.1, 0.15) is 48.0 Å². The maximum absolute atomic E-state index is 3.84. The summed E-state index contributed by atoms with van der Waals surface area (Å²) < 4.78 is 0. The van der Waals surface area contributed by atoms with Crippen LogP contribution in [-0.4, -0.2) is 0 Å². The van der Waals surface area contributed by atoms with E-state index in [1.54, 1.807) is 0 Å². The molecule has 0 radical (unpaired) electrons. The molecule has 0 fully saturated rings. The van der Waals surface area contributed by atoms with Crippen LogP contribution in [0.5, 0.6) is 0 Å². The molecule has 13 heavy (non-hydrogen) atoms. The molecule has 76 valence electrons. The molecule has 0 nitrogen and oxygen atoms in total. The summed E-state index contributed by atoms with van der Waals surface area (Å²) in [5, 5.41) is 0. The second-order valence-electron chi connectivity index (χ2n) is 3.14. The first-order valence-electron chi connectivity index (χ1n) is 5.07. The predicted molar refractivity (Wildman–Crippen MR) is 64.0 cm³/mol. The summed E-state index contributed by atoms with van der Waals surface area (Å²) >= 11 is 0. The van der Waals surface area contributed by atoms with Crippen LogP contribution in [0.3, 0.4) is 0 Å². The Kier molecular flexibility index (Phi) is 10.5. The highest BCUT2D eigenvalue weighted by molar-refractivity contribution is 5.28. The molecule has 0 amide bonds. The number of allylic oxidation sites excluding steroid dienone is 5. The lowest BCUT2D eigenvalue weighted by atomic mass is 10.1. The van der Waals surface area contributed by atoms with Crippen molar-refractivity contribution in [3.63, 3.8) is 0 Å². The van der Waals surface area contributed by atoms with Gasteiger partial charge in [-0.3, -0.25) is 0 Å². The van der Waals surface area contributed by atoms with E-state index in [-0.39, 0.29) is 0 Å². The Balaban J connectivity index is 0. The van der Waals surface area contributed by atoms with Crippen LogP contribution < -0.4 is 0 Å². The van der Waals surface area contributed by atoms with Gasteiger partial charge in [-0.25, -0.2) is 0 Å². The molecule has 0 atom stereocenters. The van der Waals surface area contributed by atoms with Crippen molar-refractivity contribution in [2.45, 2.75) is 48.0 Å². The van der Waals surface area contributed by atoms with E-state index in [1.807, 2.05) is 20.8 Å². The Hall–Kier alpha value is -0.780. The summed E-state index contributed by atoms with van der Waals surface area (Å²) in [4.78, 5) is 0. The van der Waals surface area contributed by atoms with Crippen LogP contribution in [-0.2, 0) is 0 Å². The van der Waals surface area contributed by atoms with Crippen molar-refractivity contribution in [2.24, 2.45) is 0 Å². The largest absolute Gasteiger partial charge is 0.0961 e. The summed E-state index contributed by atoms with van der Waals surface area (Å²) in [5.41, 5.74) is 3.83. The van der Waals surface area contributed by atoms with Gasteiger partial charge in [0.15, 0.2) is 0 Å². The third kappa shape index (κ3) is 11.2. The molecule has 0 N–H and O–H groups in total. The Morgan fingerprint density at radius 2 is 1.54 bits per heavy atom. The molecule has 0 rings (SSSR count). The molecule has 0 aromatic carbocycles. The molecule has 0 heteroatoms. The molecule has 0 aromatic heterocycles. The van der Waals surface area contributed by atoms with Gasteiger partial charge in [0.05, 0.1) is 0 Å². The lowest BCUT2D eigenvalue weighted by molar-refractivity contribution is 1.13. The molecule has 0 bridgehead atoms. The van der Waals surface area contributed by atoms with E-state index in [0.29, 0.717) is 0 Å². The van der Waals surface area contributed by atoms with Crippen molar-refractivity contribution >= 4 is 0 Å². The Morgan fingerprint density at radius 1 is 1.08 bits per heavy atom. The first-order valence-corrected chi connectivity index (χ1v) is 5.07. The van der Waals surface area contributed by atoms with Gasteiger partial charge in [0.1, 0.15) is 0 Å². The summed E-state index contributed by atoms with van der Waals surface area (Å²) in [6.45, 7) is 16.3. The molecule has 0 aliphatic heterocycles. The average Bonchev–Trinajstić information content (AvgIpc) is 2.05. The van der Waals surface area contributed by atoms with Crippen molar-refractivity contribution in [1.82, 2.24) is 0 Å². The first kappa shape index (κ1) is 14.7. The lowest BCUT2D eigenvalue weighted by Crippen LogP contribution is -1.77. The van der Waals surface area contributed by atoms with Crippen LogP contribution >= 0.6 is 0 Å². The number of hydrogen-bond acceptors (Lipinski definition) is 0. The Labute approximate surface area is 84.1 Å². The minimum Gasteiger partial charge on any atom is -0.0961 e. The van der Waals surface area contributed by atoms with E-state index >= 15 is 0 Å². The van der Waals surface area contributed by atoms with Gasteiger partial charge in [0, 0.05) is 0 Å². The topological polar surface area (TPSA) is 0 Å². The average molecular weight is 180 g/mol. The zero-order chi connectivity index (χ0) is 10.9. The predicted octanol–water partition coefficient (Wildman–Crippen LogP) is 4.89. The Morgan fingerprint density at radius 3 is 1.77 bits per heavy atom. The fourth-order valence-electron chi connectivity index (χ4n) is 0.933. The minimum absolute atomic E-state index is 1.08. The van der Waals surface area contributed by atoms with E-state index in [9.17, 15) is 0 Å². The monoisotopic (exact) mass is 180 g/mol. The molecule has 0 unspecified atom stereocenters. The van der Waals surface area contributed by atoms with Gasteiger partial charge in [-0.1, -0.05) is 50.6 Å². The van der Waals surface area contributed by atoms with Crippen molar-refractivity contribution < 1.29 is 0 Å². The van der Waals surface area contributed by atoms with Gasteiger partial charge in [0.25, 0.3) is 0 Å². The molecule has 0 spiro atoms. The van der Waals surface area contributed by atoms with E-state index in [1.165, 1.54) is 11.1 Å². The van der Waals surface area contributed by atoms with Gasteiger partial charge in [0.2, 0.25) is 0 Å². The van der Waals surface area contributed by atoms with Crippen LogP contribution in [0.15, 0.2) is 35.5 Å². The third-order valence-corrected chi connectivity index (χ3v) is 1.31. The number of hydrogen-bond donors (Lipinski definition) is 0. The van der Waals surface area contributed by atoms with Crippen molar-refractivity contribution in [2.75, 3.05) is 0 Å². The summed E-state index contributed by atoms with van der Waals surface area (Å²) in [5.74, 6) is 0.